The summed E-state index contributed by atoms with van der Waals surface area (Å²) in [5, 5.41) is 12.8. The summed E-state index contributed by atoms with van der Waals surface area (Å²) >= 11 is 0. The average Bonchev–Trinajstić information content (AvgIpc) is 2.75. The molecule has 0 radical (unpaired) electrons. The van der Waals surface area contributed by atoms with Crippen LogP contribution in [0.4, 0.5) is 4.39 Å². The van der Waals surface area contributed by atoms with Gasteiger partial charge in [0.05, 0.1) is 23.9 Å². The van der Waals surface area contributed by atoms with Crippen molar-refractivity contribution in [1.29, 1.82) is 0 Å². The van der Waals surface area contributed by atoms with Gasteiger partial charge in [0, 0.05) is 12.6 Å². The van der Waals surface area contributed by atoms with Crippen LogP contribution < -0.4 is 5.32 Å². The third-order valence-corrected chi connectivity index (χ3v) is 3.46. The number of aliphatic hydroxyl groups excluding tert-OH is 1. The Hall–Kier alpha value is -2.27. The van der Waals surface area contributed by atoms with Crippen LogP contribution >= 0.6 is 0 Å². The number of carbonyl (C=O) groups excluding carboxylic acids is 1. The molecular weight excluding hydrogens is 259 g/mol. The van der Waals surface area contributed by atoms with Crippen molar-refractivity contribution < 1.29 is 14.3 Å². The molecule has 2 N–H and O–H groups in total. The zero-order chi connectivity index (χ0) is 14.1. The maximum Gasteiger partial charge on any atom is 0.253 e. The minimum Gasteiger partial charge on any atom is -0.390 e. The summed E-state index contributed by atoms with van der Waals surface area (Å²) < 4.78 is 13.1. The summed E-state index contributed by atoms with van der Waals surface area (Å²) in [6.07, 6.45) is 2.17. The van der Waals surface area contributed by atoms with E-state index in [1.807, 2.05) is 24.3 Å². The number of aliphatic hydroxyl groups is 1. The molecule has 5 heteroatoms. The fraction of sp³-hybridized carbons (Fsp3) is 0.200. The van der Waals surface area contributed by atoms with E-state index in [1.165, 1.54) is 6.20 Å². The van der Waals surface area contributed by atoms with Crippen LogP contribution in [0.25, 0.3) is 0 Å². The molecule has 0 unspecified atom stereocenters. The number of hydrogen-bond acceptors (Lipinski definition) is 3. The zero-order valence-corrected chi connectivity index (χ0v) is 10.6. The van der Waals surface area contributed by atoms with Crippen molar-refractivity contribution in [2.45, 2.75) is 18.6 Å². The van der Waals surface area contributed by atoms with Crippen molar-refractivity contribution in [2.75, 3.05) is 0 Å². The second-order valence-electron chi connectivity index (χ2n) is 4.81. The summed E-state index contributed by atoms with van der Waals surface area (Å²) in [6.45, 7) is 0. The molecule has 20 heavy (non-hydrogen) atoms. The minimum atomic E-state index is -0.669. The molecule has 3 rings (SSSR count). The summed E-state index contributed by atoms with van der Waals surface area (Å²) in [6, 6.07) is 8.21. The summed E-state index contributed by atoms with van der Waals surface area (Å²) in [7, 11) is 0. The maximum absolute atomic E-state index is 13.1. The number of halogens is 1. The first-order chi connectivity index (χ1) is 9.65. The Morgan fingerprint density at radius 1 is 1.35 bits per heavy atom. The lowest BCUT2D eigenvalue weighted by atomic mass is 10.1. The Labute approximate surface area is 115 Å². The van der Waals surface area contributed by atoms with Gasteiger partial charge in [-0.25, -0.2) is 4.39 Å². The van der Waals surface area contributed by atoms with Crippen molar-refractivity contribution >= 4 is 5.91 Å². The van der Waals surface area contributed by atoms with Crippen molar-refractivity contribution in [2.24, 2.45) is 0 Å². The average molecular weight is 272 g/mol. The molecule has 4 nitrogen and oxygen atoms in total. The van der Waals surface area contributed by atoms with Gasteiger partial charge >= 0.3 is 0 Å². The van der Waals surface area contributed by atoms with Gasteiger partial charge in [0.15, 0.2) is 0 Å². The van der Waals surface area contributed by atoms with Crippen molar-refractivity contribution in [3.05, 3.63) is 65.2 Å². The van der Waals surface area contributed by atoms with Gasteiger partial charge in [-0.3, -0.25) is 9.78 Å². The van der Waals surface area contributed by atoms with E-state index in [9.17, 15) is 14.3 Å². The number of nitrogens with zero attached hydrogens (tertiary/aromatic N) is 1. The van der Waals surface area contributed by atoms with Crippen LogP contribution in [0.3, 0.4) is 0 Å². The fourth-order valence-corrected chi connectivity index (χ4v) is 2.51. The van der Waals surface area contributed by atoms with E-state index in [1.54, 1.807) is 0 Å². The fourth-order valence-electron chi connectivity index (χ4n) is 2.51. The topological polar surface area (TPSA) is 62.2 Å². The molecule has 1 amide bonds. The van der Waals surface area contributed by atoms with Gasteiger partial charge in [-0.05, 0) is 17.2 Å². The number of amides is 1. The molecule has 1 aromatic heterocycles. The molecule has 2 atom stereocenters. The largest absolute Gasteiger partial charge is 0.390 e. The number of pyridine rings is 1. The number of benzene rings is 1. The van der Waals surface area contributed by atoms with E-state index >= 15 is 0 Å². The highest BCUT2D eigenvalue weighted by atomic mass is 19.1. The quantitative estimate of drug-likeness (QED) is 0.873. The van der Waals surface area contributed by atoms with Crippen LogP contribution in [0.2, 0.25) is 0 Å². The molecule has 1 aliphatic carbocycles. The second kappa shape index (κ2) is 5.02. The van der Waals surface area contributed by atoms with Crippen molar-refractivity contribution in [3.8, 4) is 0 Å². The highest BCUT2D eigenvalue weighted by molar-refractivity contribution is 5.94. The van der Waals surface area contributed by atoms with Gasteiger partial charge in [-0.2, -0.15) is 0 Å². The van der Waals surface area contributed by atoms with E-state index < -0.39 is 23.9 Å². The van der Waals surface area contributed by atoms with Crippen LogP contribution in [-0.4, -0.2) is 22.1 Å². The normalized spacial score (nSPS) is 20.5. The van der Waals surface area contributed by atoms with Crippen LogP contribution in [0.1, 0.15) is 27.5 Å². The molecule has 102 valence electrons. The number of fused-ring (bicyclic) bond motifs is 1. The van der Waals surface area contributed by atoms with E-state index in [4.69, 9.17) is 0 Å². The summed E-state index contributed by atoms with van der Waals surface area (Å²) in [5.41, 5.74) is 2.06. The standard InChI is InChI=1S/C15H13FN2O2/c16-11-5-10(7-17-8-11)15(20)18-14-12-4-2-1-3-9(12)6-13(14)19/h1-5,7-8,13-14,19H,6H2,(H,18,20)/t13-,14+/m0/s1. The van der Waals surface area contributed by atoms with Gasteiger partial charge < -0.3 is 10.4 Å². The van der Waals surface area contributed by atoms with Gasteiger partial charge in [-0.15, -0.1) is 0 Å². The smallest absolute Gasteiger partial charge is 0.253 e. The molecule has 1 aromatic carbocycles. The number of carbonyl (C=O) groups is 1. The van der Waals surface area contributed by atoms with Crippen molar-refractivity contribution in [3.63, 3.8) is 0 Å². The van der Waals surface area contributed by atoms with E-state index in [-0.39, 0.29) is 5.56 Å². The van der Waals surface area contributed by atoms with Crippen molar-refractivity contribution in [1.82, 2.24) is 10.3 Å². The molecule has 1 aliphatic rings. The lowest BCUT2D eigenvalue weighted by Crippen LogP contribution is -2.33. The first kappa shape index (κ1) is 12.7. The Bertz CT molecular complexity index is 660. The van der Waals surface area contributed by atoms with Gasteiger partial charge in [0.1, 0.15) is 5.82 Å². The Morgan fingerprint density at radius 2 is 2.15 bits per heavy atom. The molecule has 0 saturated carbocycles. The second-order valence-corrected chi connectivity index (χ2v) is 4.81. The first-order valence-electron chi connectivity index (χ1n) is 6.32. The molecule has 0 saturated heterocycles. The van der Waals surface area contributed by atoms with E-state index in [2.05, 4.69) is 10.3 Å². The Balaban J connectivity index is 1.83. The highest BCUT2D eigenvalue weighted by Crippen LogP contribution is 2.31. The number of aromatic nitrogens is 1. The van der Waals surface area contributed by atoms with Crippen LogP contribution in [-0.2, 0) is 6.42 Å². The number of nitrogens with one attached hydrogen (secondary N) is 1. The maximum atomic E-state index is 13.1. The molecule has 2 aromatic rings. The van der Waals surface area contributed by atoms with Gasteiger partial charge in [-0.1, -0.05) is 24.3 Å². The highest BCUT2D eigenvalue weighted by Gasteiger charge is 2.32. The van der Waals surface area contributed by atoms with Gasteiger partial charge in [0.2, 0.25) is 0 Å². The third-order valence-electron chi connectivity index (χ3n) is 3.46. The zero-order valence-electron chi connectivity index (χ0n) is 10.6. The van der Waals surface area contributed by atoms with Gasteiger partial charge in [0.25, 0.3) is 5.91 Å². The minimum absolute atomic E-state index is 0.140. The summed E-state index contributed by atoms with van der Waals surface area (Å²) in [4.78, 5) is 15.7. The molecule has 0 aliphatic heterocycles. The number of hydrogen-bond donors (Lipinski definition) is 2. The number of rotatable bonds is 2. The predicted octanol–water partition coefficient (Wildman–Crippen LogP) is 1.61. The van der Waals surface area contributed by atoms with E-state index in [0.717, 1.165) is 23.4 Å². The molecule has 0 spiro atoms. The van der Waals surface area contributed by atoms with E-state index in [0.29, 0.717) is 6.42 Å². The third kappa shape index (κ3) is 2.28. The lowest BCUT2D eigenvalue weighted by Gasteiger charge is -2.17. The van der Waals surface area contributed by atoms with Crippen LogP contribution in [0.5, 0.6) is 0 Å². The molecule has 0 bridgehead atoms. The summed E-state index contributed by atoms with van der Waals surface area (Å²) in [5.74, 6) is -1.01. The predicted molar refractivity (Wildman–Crippen MR) is 70.6 cm³/mol. The monoisotopic (exact) mass is 272 g/mol. The van der Waals surface area contributed by atoms with Crippen LogP contribution in [0, 0.1) is 5.82 Å². The van der Waals surface area contributed by atoms with Crippen LogP contribution in [0.15, 0.2) is 42.7 Å². The Morgan fingerprint density at radius 3 is 2.95 bits per heavy atom. The molecule has 0 fully saturated rings. The molecule has 1 heterocycles. The first-order valence-corrected chi connectivity index (χ1v) is 6.32. The lowest BCUT2D eigenvalue weighted by molar-refractivity contribution is 0.0857. The SMILES string of the molecule is O=C(N[C@@H]1c2ccccc2C[C@@H]1O)c1cncc(F)c1. The molecular formula is C15H13FN2O2. The Kier molecular flexibility index (Phi) is 3.20.